The molecule has 254 valence electrons. The number of phenols is 2. The van der Waals surface area contributed by atoms with Crippen molar-refractivity contribution in [1.29, 1.82) is 0 Å². The van der Waals surface area contributed by atoms with Gasteiger partial charge in [-0.1, -0.05) is 111 Å². The van der Waals surface area contributed by atoms with Gasteiger partial charge in [0, 0.05) is 11.8 Å². The molecule has 3 heteroatoms. The van der Waals surface area contributed by atoms with Crippen molar-refractivity contribution < 1.29 is 15.3 Å². The molecule has 5 rings (SSSR count). The van der Waals surface area contributed by atoms with Crippen molar-refractivity contribution in [3.63, 3.8) is 0 Å². The minimum absolute atomic E-state index is 0.0547. The molecule has 0 saturated heterocycles. The molecule has 5 aromatic rings. The highest BCUT2D eigenvalue weighted by atomic mass is 16.3. The summed E-state index contributed by atoms with van der Waals surface area (Å²) in [6, 6.07) is 34.1. The van der Waals surface area contributed by atoms with Gasteiger partial charge in [0.05, 0.1) is 5.76 Å². The summed E-state index contributed by atoms with van der Waals surface area (Å²) < 4.78 is 0. The second-order valence-electron chi connectivity index (χ2n) is 13.1. The number of phenolic OH excluding ortho intramolecular Hbond substituents is 2. The smallest absolute Gasteiger partial charge is 0.118 e. The Morgan fingerprint density at radius 2 is 0.980 bits per heavy atom. The number of hydrogen-bond acceptors (Lipinski definition) is 3. The van der Waals surface area contributed by atoms with Crippen LogP contribution in [0.15, 0.2) is 120 Å². The first-order valence-corrected chi connectivity index (χ1v) is 17.3. The summed E-state index contributed by atoms with van der Waals surface area (Å²) in [5.74, 6) is 1.15. The summed E-state index contributed by atoms with van der Waals surface area (Å²) in [5, 5.41) is 30.6. The monoisotopic (exact) mass is 652 g/mol. The van der Waals surface area contributed by atoms with Gasteiger partial charge in [-0.25, -0.2) is 0 Å². The van der Waals surface area contributed by atoms with E-state index < -0.39 is 0 Å². The molecule has 0 heterocycles. The third kappa shape index (κ3) is 8.35. The Morgan fingerprint density at radius 3 is 1.41 bits per heavy atom. The van der Waals surface area contributed by atoms with E-state index in [1.54, 1.807) is 6.92 Å². The number of rotatable bonds is 8. The van der Waals surface area contributed by atoms with Crippen LogP contribution in [0.2, 0.25) is 0 Å². The van der Waals surface area contributed by atoms with E-state index in [1.165, 1.54) is 16.7 Å². The zero-order valence-electron chi connectivity index (χ0n) is 30.8. The van der Waals surface area contributed by atoms with Gasteiger partial charge in [0.15, 0.2) is 0 Å². The highest BCUT2D eigenvalue weighted by Crippen LogP contribution is 2.40. The summed E-state index contributed by atoms with van der Waals surface area (Å²) in [6.45, 7) is 19.9. The van der Waals surface area contributed by atoms with E-state index in [9.17, 15) is 15.3 Å². The summed E-state index contributed by atoms with van der Waals surface area (Å²) >= 11 is 0. The molecule has 0 bridgehead atoms. The molecule has 1 unspecified atom stereocenters. The highest BCUT2D eigenvalue weighted by Gasteiger charge is 2.23. The van der Waals surface area contributed by atoms with Gasteiger partial charge in [-0.3, -0.25) is 0 Å². The lowest BCUT2D eigenvalue weighted by molar-refractivity contribution is 0.409. The summed E-state index contributed by atoms with van der Waals surface area (Å²) in [6.07, 6.45) is 2.06. The van der Waals surface area contributed by atoms with Gasteiger partial charge in [-0.2, -0.15) is 0 Å². The number of aryl methyl sites for hydroxylation is 4. The second-order valence-corrected chi connectivity index (χ2v) is 13.1. The molecule has 0 aromatic heterocycles. The zero-order chi connectivity index (χ0) is 36.0. The maximum atomic E-state index is 10.4. The second kappa shape index (κ2) is 15.9. The standard InChI is InChI=1S/C44H46O3.C2H6/c1-26(20-27(2)33(8)45)32(7)34-12-14-35(15-13-34)38-10-9-11-39(25-38)36-16-18-37(19-17-36)44(40-21-30(5)42(46)23-28(40)3)41-22-31(6)43(47)24-29(41)4;1-2/h9-25,32,44-47H,1-8H3;1-2H3/b26-20+,33-27+;. The third-order valence-electron chi connectivity index (χ3n) is 9.67. The van der Waals surface area contributed by atoms with Crippen LogP contribution in [0.5, 0.6) is 11.5 Å². The van der Waals surface area contributed by atoms with Crippen molar-refractivity contribution in [1.82, 2.24) is 0 Å². The largest absolute Gasteiger partial charge is 0.512 e. The first kappa shape index (κ1) is 36.8. The lowest BCUT2D eigenvalue weighted by Gasteiger charge is -2.24. The van der Waals surface area contributed by atoms with Crippen LogP contribution in [-0.2, 0) is 0 Å². The Morgan fingerprint density at radius 1 is 0.551 bits per heavy atom. The molecule has 0 aliphatic carbocycles. The van der Waals surface area contributed by atoms with Crippen LogP contribution in [0.4, 0.5) is 0 Å². The first-order valence-electron chi connectivity index (χ1n) is 17.3. The van der Waals surface area contributed by atoms with E-state index >= 15 is 0 Å². The normalized spacial score (nSPS) is 12.7. The molecule has 3 N–H and O–H groups in total. The number of benzene rings is 5. The van der Waals surface area contributed by atoms with Crippen LogP contribution < -0.4 is 0 Å². The molecule has 0 saturated carbocycles. The zero-order valence-corrected chi connectivity index (χ0v) is 30.8. The van der Waals surface area contributed by atoms with Crippen molar-refractivity contribution in [2.45, 2.75) is 81.1 Å². The van der Waals surface area contributed by atoms with Crippen LogP contribution in [-0.4, -0.2) is 15.3 Å². The maximum Gasteiger partial charge on any atom is 0.118 e. The van der Waals surface area contributed by atoms with E-state index in [2.05, 4.69) is 105 Å². The van der Waals surface area contributed by atoms with E-state index in [-0.39, 0.29) is 11.8 Å². The quantitative estimate of drug-likeness (QED) is 0.0888. The van der Waals surface area contributed by atoms with Crippen molar-refractivity contribution in [2.75, 3.05) is 0 Å². The molecule has 0 spiro atoms. The molecule has 0 amide bonds. The third-order valence-corrected chi connectivity index (χ3v) is 9.67. The van der Waals surface area contributed by atoms with E-state index in [1.807, 2.05) is 60.6 Å². The van der Waals surface area contributed by atoms with Gasteiger partial charge < -0.3 is 15.3 Å². The molecule has 0 aliphatic heterocycles. The Balaban J connectivity index is 0.00000265. The molecule has 0 aliphatic rings. The number of aliphatic hydroxyl groups is 1. The van der Waals surface area contributed by atoms with Crippen molar-refractivity contribution in [3.8, 4) is 33.8 Å². The average Bonchev–Trinajstić information content (AvgIpc) is 3.10. The first-order chi connectivity index (χ1) is 23.3. The fraction of sp³-hybridized carbons (Fsp3) is 0.261. The van der Waals surface area contributed by atoms with Gasteiger partial charge in [-0.15, -0.1) is 0 Å². The number of allylic oxidation sites excluding steroid dienone is 4. The van der Waals surface area contributed by atoms with Crippen LogP contribution >= 0.6 is 0 Å². The summed E-state index contributed by atoms with van der Waals surface area (Å²) in [5.41, 5.74) is 15.1. The highest BCUT2D eigenvalue weighted by molar-refractivity contribution is 5.73. The van der Waals surface area contributed by atoms with Crippen molar-refractivity contribution in [3.05, 3.63) is 165 Å². The SMILES string of the molecule is C/C(=C\C(C)=C(/C)O)C(C)c1ccc(-c2cccc(-c3ccc(C(c4cc(C)c(O)cc4C)c4cc(C)c(O)cc4C)cc3)c2)cc1.CC. The molecule has 0 radical (unpaired) electrons. The van der Waals surface area contributed by atoms with Gasteiger partial charge in [0.25, 0.3) is 0 Å². The predicted molar refractivity (Wildman–Crippen MR) is 208 cm³/mol. The topological polar surface area (TPSA) is 60.7 Å². The Hall–Kier alpha value is -5.02. The number of aliphatic hydroxyl groups excluding tert-OH is 1. The fourth-order valence-corrected chi connectivity index (χ4v) is 6.34. The fourth-order valence-electron chi connectivity index (χ4n) is 6.34. The van der Waals surface area contributed by atoms with Crippen LogP contribution in [0, 0.1) is 27.7 Å². The van der Waals surface area contributed by atoms with E-state index in [0.29, 0.717) is 17.3 Å². The van der Waals surface area contributed by atoms with Crippen LogP contribution in [0.1, 0.15) is 97.9 Å². The molecule has 5 aromatic carbocycles. The Kier molecular flexibility index (Phi) is 12.0. The Labute approximate surface area is 294 Å². The van der Waals surface area contributed by atoms with Crippen molar-refractivity contribution in [2.24, 2.45) is 0 Å². The van der Waals surface area contributed by atoms with Crippen molar-refractivity contribution >= 4 is 0 Å². The van der Waals surface area contributed by atoms with Gasteiger partial charge in [-0.05, 0) is 139 Å². The molecule has 3 nitrogen and oxygen atoms in total. The number of aromatic hydroxyl groups is 2. The minimum Gasteiger partial charge on any atom is -0.512 e. The number of hydrogen-bond donors (Lipinski definition) is 3. The maximum absolute atomic E-state index is 10.4. The minimum atomic E-state index is -0.0547. The lowest BCUT2D eigenvalue weighted by Crippen LogP contribution is -2.08. The van der Waals surface area contributed by atoms with E-state index in [0.717, 1.165) is 61.2 Å². The molecule has 49 heavy (non-hydrogen) atoms. The lowest BCUT2D eigenvalue weighted by atomic mass is 9.79. The average molecular weight is 653 g/mol. The van der Waals surface area contributed by atoms with Crippen LogP contribution in [0.25, 0.3) is 22.3 Å². The van der Waals surface area contributed by atoms with Gasteiger partial charge in [0.2, 0.25) is 0 Å². The van der Waals surface area contributed by atoms with Gasteiger partial charge >= 0.3 is 0 Å². The predicted octanol–water partition coefficient (Wildman–Crippen LogP) is 12.8. The molecule has 1 atom stereocenters. The summed E-state index contributed by atoms with van der Waals surface area (Å²) in [7, 11) is 0. The summed E-state index contributed by atoms with van der Waals surface area (Å²) in [4.78, 5) is 0. The molecular formula is C46H52O3. The van der Waals surface area contributed by atoms with E-state index in [4.69, 9.17) is 0 Å². The van der Waals surface area contributed by atoms with Crippen LogP contribution in [0.3, 0.4) is 0 Å². The molecular weight excluding hydrogens is 601 g/mol. The van der Waals surface area contributed by atoms with Gasteiger partial charge in [0.1, 0.15) is 11.5 Å². The molecule has 0 fully saturated rings. The Bertz CT molecular complexity index is 1910.